The van der Waals surface area contributed by atoms with Crippen molar-refractivity contribution in [3.63, 3.8) is 0 Å². The van der Waals surface area contributed by atoms with Crippen molar-refractivity contribution in [2.24, 2.45) is 56.2 Å². The maximum Gasteiger partial charge on any atom is 0.332 e. The largest absolute Gasteiger partial charge is 0.497 e. The highest BCUT2D eigenvalue weighted by Crippen LogP contribution is 2.63. The Morgan fingerprint density at radius 2 is 0.986 bits per heavy atom. The molecule has 2 aromatic rings. The van der Waals surface area contributed by atoms with Crippen molar-refractivity contribution >= 4 is 23.7 Å². The number of aldehydes is 1. The number of carbonyl (C=O) groups is 3. The van der Waals surface area contributed by atoms with E-state index in [1.807, 2.05) is 32.0 Å². The van der Waals surface area contributed by atoms with E-state index in [0.717, 1.165) is 97.9 Å². The highest BCUT2D eigenvalue weighted by Gasteiger charge is 2.58. The summed E-state index contributed by atoms with van der Waals surface area (Å²) in [7, 11) is 6.47. The van der Waals surface area contributed by atoms with E-state index in [1.165, 1.54) is 44.1 Å². The molecule has 0 saturated heterocycles. The summed E-state index contributed by atoms with van der Waals surface area (Å²) in [4.78, 5) is 36.6. The Morgan fingerprint density at radius 1 is 0.583 bits per heavy atom. The Bertz CT molecular complexity index is 2280. The summed E-state index contributed by atoms with van der Waals surface area (Å²) in [5.41, 5.74) is 11.4. The van der Waals surface area contributed by atoms with E-state index in [2.05, 4.69) is 69.2 Å². The number of allylic oxidation sites excluding steroid dienone is 3. The van der Waals surface area contributed by atoms with Gasteiger partial charge in [-0.15, -0.1) is 0 Å². The van der Waals surface area contributed by atoms with Gasteiger partial charge in [0.1, 0.15) is 29.3 Å². The Balaban J connectivity index is 0.000000187. The third-order valence-corrected chi connectivity index (χ3v) is 19.4. The van der Waals surface area contributed by atoms with Crippen LogP contribution in [0.25, 0.3) is 0 Å². The van der Waals surface area contributed by atoms with E-state index in [4.69, 9.17) is 24.7 Å². The molecule has 0 aromatic heterocycles. The zero-order valence-electron chi connectivity index (χ0n) is 47.5. The minimum absolute atomic E-state index is 0.00409. The van der Waals surface area contributed by atoms with E-state index >= 15 is 0 Å². The summed E-state index contributed by atoms with van der Waals surface area (Å²) in [6.45, 7) is 26.9. The average molecular weight is 998 g/mol. The lowest BCUT2D eigenvalue weighted by Crippen LogP contribution is -2.58. The van der Waals surface area contributed by atoms with Crippen molar-refractivity contribution < 1.29 is 43.5 Å². The SMILES string of the molecule is CC1(C)CCC[C@]2(C)[C@@H](C=O)[C@](C)(O)CC[C@@H]12.CC1=C(C(=O)O)[C@@]2(C)CCCC(C)(C)[C@@H]2CC1.COc1cc(CC(=O)C2=C(C)CC[C@H]3C(C)(C)CCC[C@]23C)cc(OC)c1.COc1cc(N)cc(OC)c1. The topological polar surface area (TPSA) is 155 Å². The predicted molar refractivity (Wildman–Crippen MR) is 291 cm³/mol. The van der Waals surface area contributed by atoms with Crippen molar-refractivity contribution in [1.29, 1.82) is 0 Å². The van der Waals surface area contributed by atoms with Gasteiger partial charge in [-0.1, -0.05) is 92.7 Å². The van der Waals surface area contributed by atoms with Gasteiger partial charge in [0.05, 0.1) is 34.0 Å². The predicted octanol–water partition coefficient (Wildman–Crippen LogP) is 14.2. The number of anilines is 1. The normalized spacial score (nSPS) is 31.9. The van der Waals surface area contributed by atoms with Crippen LogP contribution >= 0.6 is 0 Å². The summed E-state index contributed by atoms with van der Waals surface area (Å²) < 4.78 is 20.7. The number of ether oxygens (including phenoxy) is 4. The van der Waals surface area contributed by atoms with Gasteiger partial charge in [0.2, 0.25) is 0 Å². The lowest BCUT2D eigenvalue weighted by molar-refractivity contribution is -0.169. The summed E-state index contributed by atoms with van der Waals surface area (Å²) in [5.74, 6) is 3.94. The number of fused-ring (bicyclic) bond motifs is 3. The van der Waals surface area contributed by atoms with Gasteiger partial charge < -0.3 is 39.7 Å². The molecule has 10 nitrogen and oxygen atoms in total. The summed E-state index contributed by atoms with van der Waals surface area (Å²) in [6, 6.07) is 11.0. The van der Waals surface area contributed by atoms with E-state index < -0.39 is 11.6 Å². The Hall–Kier alpha value is -4.31. The fraction of sp³-hybridized carbons (Fsp3) is 0.694. The van der Waals surface area contributed by atoms with Crippen LogP contribution in [0.4, 0.5) is 5.69 Å². The van der Waals surface area contributed by atoms with Gasteiger partial charge in [-0.2, -0.15) is 0 Å². The number of benzene rings is 2. The van der Waals surface area contributed by atoms with Gasteiger partial charge in [-0.05, 0) is 160 Å². The van der Waals surface area contributed by atoms with Crippen LogP contribution in [0.1, 0.15) is 185 Å². The van der Waals surface area contributed by atoms with Gasteiger partial charge in [0, 0.05) is 58.9 Å². The van der Waals surface area contributed by atoms with Crippen LogP contribution in [0.2, 0.25) is 0 Å². The molecule has 4 fully saturated rings. The first-order chi connectivity index (χ1) is 33.5. The number of hydrogen-bond donors (Lipinski definition) is 3. The molecule has 0 radical (unpaired) electrons. The van der Waals surface area contributed by atoms with Crippen LogP contribution in [-0.4, -0.2) is 62.3 Å². The molecule has 0 spiro atoms. The van der Waals surface area contributed by atoms with Crippen LogP contribution < -0.4 is 24.7 Å². The molecule has 72 heavy (non-hydrogen) atoms. The number of aliphatic hydroxyl groups is 1. The molecule has 0 aliphatic heterocycles. The fourth-order valence-corrected chi connectivity index (χ4v) is 16.1. The number of ketones is 1. The molecule has 0 amide bonds. The average Bonchev–Trinajstić information content (AvgIpc) is 3.27. The lowest BCUT2D eigenvalue weighted by Gasteiger charge is -2.59. The molecular weight excluding hydrogens is 903 g/mol. The van der Waals surface area contributed by atoms with E-state index in [-0.39, 0.29) is 33.4 Å². The maximum absolute atomic E-state index is 13.5. The first-order valence-electron chi connectivity index (χ1n) is 27.0. The first-order valence-corrected chi connectivity index (χ1v) is 27.0. The minimum atomic E-state index is -0.805. The fourth-order valence-electron chi connectivity index (χ4n) is 16.1. The monoisotopic (exact) mass is 998 g/mol. The number of carboxylic acids is 1. The van der Waals surface area contributed by atoms with Gasteiger partial charge in [0.15, 0.2) is 5.78 Å². The van der Waals surface area contributed by atoms with E-state index in [9.17, 15) is 24.6 Å². The van der Waals surface area contributed by atoms with Crippen molar-refractivity contribution in [1.82, 2.24) is 0 Å². The van der Waals surface area contributed by atoms with Gasteiger partial charge in [0.25, 0.3) is 0 Å². The van der Waals surface area contributed by atoms with Gasteiger partial charge >= 0.3 is 5.97 Å². The van der Waals surface area contributed by atoms with E-state index in [1.54, 1.807) is 46.6 Å². The molecule has 4 saturated carbocycles. The number of hydrogen-bond acceptors (Lipinski definition) is 9. The van der Waals surface area contributed by atoms with Gasteiger partial charge in [-0.3, -0.25) is 4.79 Å². The van der Waals surface area contributed by atoms with Crippen molar-refractivity contribution in [3.05, 3.63) is 64.3 Å². The minimum Gasteiger partial charge on any atom is -0.497 e. The Morgan fingerprint density at radius 3 is 1.42 bits per heavy atom. The second kappa shape index (κ2) is 22.7. The highest BCUT2D eigenvalue weighted by molar-refractivity contribution is 5.99. The maximum atomic E-state index is 13.5. The van der Waals surface area contributed by atoms with Crippen LogP contribution in [0.15, 0.2) is 58.7 Å². The first kappa shape index (κ1) is 58.6. The van der Waals surface area contributed by atoms with E-state index in [0.29, 0.717) is 52.2 Å². The quantitative estimate of drug-likeness (QED) is 0.163. The molecule has 2 aromatic carbocycles. The van der Waals surface area contributed by atoms with Crippen LogP contribution in [0, 0.1) is 56.2 Å². The van der Waals surface area contributed by atoms with Crippen LogP contribution in [0.3, 0.4) is 0 Å². The molecule has 0 heterocycles. The summed E-state index contributed by atoms with van der Waals surface area (Å²) in [5, 5.41) is 20.0. The second-order valence-corrected chi connectivity index (χ2v) is 25.7. The number of Topliss-reactive ketones (excluding diaryl/α,β-unsaturated/α-hetero) is 1. The zero-order valence-corrected chi connectivity index (χ0v) is 47.5. The molecule has 0 unspecified atom stereocenters. The highest BCUT2D eigenvalue weighted by atomic mass is 16.5. The number of rotatable bonds is 9. The molecule has 4 N–H and O–H groups in total. The Labute approximate surface area is 434 Å². The third-order valence-electron chi connectivity index (χ3n) is 19.4. The molecule has 6 aliphatic carbocycles. The smallest absolute Gasteiger partial charge is 0.332 e. The van der Waals surface area contributed by atoms with Crippen molar-refractivity contribution in [2.75, 3.05) is 34.2 Å². The Kier molecular flexibility index (Phi) is 18.4. The van der Waals surface area contributed by atoms with Gasteiger partial charge in [-0.25, -0.2) is 4.79 Å². The number of aliphatic carboxylic acids is 1. The number of carbonyl (C=O) groups excluding carboxylic acids is 2. The van der Waals surface area contributed by atoms with Crippen molar-refractivity contribution in [3.8, 4) is 23.0 Å². The number of methoxy groups -OCH3 is 4. The molecule has 402 valence electrons. The second-order valence-electron chi connectivity index (χ2n) is 25.7. The third kappa shape index (κ3) is 12.3. The number of carboxylic acid groups (broad SMARTS) is 1. The zero-order chi connectivity index (χ0) is 53.8. The molecule has 0 bridgehead atoms. The molecular formula is C62H95NO9. The standard InChI is InChI=1S/C24H34O3.C15H24O2.C15H26O2.C8H11NO2/c1-16-8-9-21-23(2,3)10-7-11-24(21,4)22(16)20(25)14-17-12-18(26-5)15-19(13-17)27-6;1-10-6-7-11-14(2,3)8-5-9-15(11,4)12(10)13(16)17;1-13(2)7-5-8-14(3)11(13)6-9-15(4,17)12(14)10-16;1-10-7-3-6(9)4-8(5-7)11-2/h12-13,15,21H,7-11,14H2,1-6H3;11H,5-9H2,1-4H3,(H,16,17);10-12,17H,5-9H2,1-4H3;3-5H,9H2,1-2H3/t21-,24-;11-,15-;11-,12+,14-,15+;/m000./s1. The van der Waals surface area contributed by atoms with Crippen molar-refractivity contribution in [2.45, 2.75) is 191 Å². The molecule has 8 rings (SSSR count). The van der Waals surface area contributed by atoms with Crippen LogP contribution in [0.5, 0.6) is 23.0 Å². The molecule has 10 heteroatoms. The number of nitrogens with two attached hydrogens (primary N) is 1. The number of nitrogen functional groups attached to an aromatic ring is 1. The molecule has 8 atom stereocenters. The summed E-state index contributed by atoms with van der Waals surface area (Å²) >= 11 is 0. The molecule has 6 aliphatic rings. The van der Waals surface area contributed by atoms with Crippen LogP contribution in [-0.2, 0) is 20.8 Å². The lowest BCUT2D eigenvalue weighted by atomic mass is 9.46. The summed E-state index contributed by atoms with van der Waals surface area (Å²) in [6.07, 6.45) is 18.2.